The summed E-state index contributed by atoms with van der Waals surface area (Å²) >= 11 is 0. The summed E-state index contributed by atoms with van der Waals surface area (Å²) in [6.07, 6.45) is 0. The largest absolute Gasteiger partial charge is 0.327 e. The molecular formula is C21H23N4O2+. The molecule has 0 unspecified atom stereocenters. The van der Waals surface area contributed by atoms with E-state index in [2.05, 4.69) is 11.4 Å². The third-order valence-corrected chi connectivity index (χ3v) is 5.02. The Labute approximate surface area is 159 Å². The molecule has 138 valence electrons. The number of anilines is 1. The quantitative estimate of drug-likeness (QED) is 0.848. The molecule has 2 N–H and O–H groups in total. The molecule has 2 aromatic rings. The Kier molecular flexibility index (Phi) is 5.84. The van der Waals surface area contributed by atoms with E-state index in [1.54, 1.807) is 24.3 Å². The number of piperazine rings is 1. The van der Waals surface area contributed by atoms with E-state index >= 15 is 0 Å². The van der Waals surface area contributed by atoms with Gasteiger partial charge in [-0.1, -0.05) is 30.3 Å². The summed E-state index contributed by atoms with van der Waals surface area (Å²) in [4.78, 5) is 28.1. The minimum Gasteiger partial charge on any atom is -0.327 e. The van der Waals surface area contributed by atoms with Gasteiger partial charge in [0.2, 0.25) is 0 Å². The molecule has 0 spiro atoms. The van der Waals surface area contributed by atoms with Crippen LogP contribution in [-0.4, -0.2) is 48.9 Å². The number of hydrogen-bond acceptors (Lipinski definition) is 3. The van der Waals surface area contributed by atoms with Gasteiger partial charge < -0.3 is 15.1 Å². The van der Waals surface area contributed by atoms with Crippen LogP contribution in [0.4, 0.5) is 5.69 Å². The van der Waals surface area contributed by atoms with Crippen LogP contribution in [0.1, 0.15) is 22.8 Å². The summed E-state index contributed by atoms with van der Waals surface area (Å²) in [7, 11) is 0. The third kappa shape index (κ3) is 4.33. The lowest BCUT2D eigenvalue weighted by Crippen LogP contribution is -3.19. The standard InChI is InChI=1S/C21H22N4O2/c1-16(20(26)23-19-10-6-5-9-18(19)15-22)24-11-13-25(14-12-24)21(27)17-7-3-2-4-8-17/h2-10,16H,11-14H2,1H3,(H,23,26)/p+1/t16-/m1/s1. The fourth-order valence-electron chi connectivity index (χ4n) is 3.31. The van der Waals surface area contributed by atoms with Crippen LogP contribution in [0.2, 0.25) is 0 Å². The van der Waals surface area contributed by atoms with Crippen LogP contribution in [0.3, 0.4) is 0 Å². The second kappa shape index (κ2) is 8.47. The van der Waals surface area contributed by atoms with Gasteiger partial charge in [-0.05, 0) is 31.2 Å². The third-order valence-electron chi connectivity index (χ3n) is 5.02. The maximum absolute atomic E-state index is 12.6. The molecule has 1 atom stereocenters. The van der Waals surface area contributed by atoms with E-state index in [0.29, 0.717) is 43.0 Å². The lowest BCUT2D eigenvalue weighted by atomic mass is 10.1. The van der Waals surface area contributed by atoms with Gasteiger partial charge in [-0.15, -0.1) is 0 Å². The van der Waals surface area contributed by atoms with Crippen molar-refractivity contribution in [3.63, 3.8) is 0 Å². The van der Waals surface area contributed by atoms with Crippen LogP contribution in [0, 0.1) is 11.3 Å². The highest BCUT2D eigenvalue weighted by atomic mass is 16.2. The zero-order valence-electron chi connectivity index (χ0n) is 15.3. The Balaban J connectivity index is 1.56. The molecule has 2 aromatic carbocycles. The molecular weight excluding hydrogens is 340 g/mol. The molecule has 2 amide bonds. The number of hydrogen-bond donors (Lipinski definition) is 2. The lowest BCUT2D eigenvalue weighted by molar-refractivity contribution is -0.917. The molecule has 1 heterocycles. The number of amides is 2. The van der Waals surface area contributed by atoms with Crippen LogP contribution in [0.25, 0.3) is 0 Å². The zero-order chi connectivity index (χ0) is 19.2. The number of carbonyl (C=O) groups excluding carboxylic acids is 2. The first-order chi connectivity index (χ1) is 13.1. The van der Waals surface area contributed by atoms with Crippen molar-refractivity contribution in [3.8, 4) is 6.07 Å². The predicted octanol–water partition coefficient (Wildman–Crippen LogP) is 0.926. The smallest absolute Gasteiger partial charge is 0.282 e. The highest BCUT2D eigenvalue weighted by Gasteiger charge is 2.31. The number of quaternary nitrogens is 1. The summed E-state index contributed by atoms with van der Waals surface area (Å²) in [5, 5.41) is 12.0. The maximum Gasteiger partial charge on any atom is 0.282 e. The lowest BCUT2D eigenvalue weighted by Gasteiger charge is -2.34. The van der Waals surface area contributed by atoms with Crippen LogP contribution in [-0.2, 0) is 4.79 Å². The van der Waals surface area contributed by atoms with Gasteiger partial charge in [0.1, 0.15) is 6.07 Å². The minimum atomic E-state index is -0.259. The van der Waals surface area contributed by atoms with Crippen molar-refractivity contribution in [1.82, 2.24) is 4.90 Å². The number of carbonyl (C=O) groups is 2. The Morgan fingerprint density at radius 1 is 1.07 bits per heavy atom. The number of nitrogens with one attached hydrogen (secondary N) is 2. The summed E-state index contributed by atoms with van der Waals surface area (Å²) in [5.74, 6) is -0.0785. The monoisotopic (exact) mass is 363 g/mol. The van der Waals surface area contributed by atoms with Crippen LogP contribution >= 0.6 is 0 Å². The van der Waals surface area contributed by atoms with Crippen molar-refractivity contribution in [2.75, 3.05) is 31.5 Å². The molecule has 0 saturated carbocycles. The number of benzene rings is 2. The van der Waals surface area contributed by atoms with E-state index in [-0.39, 0.29) is 17.9 Å². The summed E-state index contributed by atoms with van der Waals surface area (Å²) in [5.41, 5.74) is 1.68. The molecule has 27 heavy (non-hydrogen) atoms. The highest BCUT2D eigenvalue weighted by Crippen LogP contribution is 2.13. The average molecular weight is 363 g/mol. The van der Waals surface area contributed by atoms with Crippen molar-refractivity contribution in [2.45, 2.75) is 13.0 Å². The molecule has 0 bridgehead atoms. The van der Waals surface area contributed by atoms with Crippen molar-refractivity contribution in [2.24, 2.45) is 0 Å². The molecule has 3 rings (SSSR count). The van der Waals surface area contributed by atoms with E-state index in [9.17, 15) is 9.59 Å². The molecule has 0 aromatic heterocycles. The molecule has 1 aliphatic rings. The minimum absolute atomic E-state index is 0.0368. The van der Waals surface area contributed by atoms with Gasteiger partial charge in [-0.2, -0.15) is 5.26 Å². The van der Waals surface area contributed by atoms with E-state index in [1.807, 2.05) is 42.2 Å². The molecule has 1 saturated heterocycles. The van der Waals surface area contributed by atoms with Gasteiger partial charge in [-0.25, -0.2) is 0 Å². The van der Waals surface area contributed by atoms with Crippen molar-refractivity contribution < 1.29 is 14.5 Å². The fourth-order valence-corrected chi connectivity index (χ4v) is 3.31. The van der Waals surface area contributed by atoms with E-state index < -0.39 is 0 Å². The fraction of sp³-hybridized carbons (Fsp3) is 0.286. The molecule has 6 nitrogen and oxygen atoms in total. The first-order valence-corrected chi connectivity index (χ1v) is 9.09. The number of nitrogens with zero attached hydrogens (tertiary/aromatic N) is 2. The Morgan fingerprint density at radius 2 is 1.70 bits per heavy atom. The second-order valence-electron chi connectivity index (χ2n) is 6.68. The van der Waals surface area contributed by atoms with E-state index in [1.165, 1.54) is 0 Å². The first-order valence-electron chi connectivity index (χ1n) is 9.09. The van der Waals surface area contributed by atoms with Crippen LogP contribution in [0.5, 0.6) is 0 Å². The zero-order valence-corrected chi connectivity index (χ0v) is 15.3. The Morgan fingerprint density at radius 3 is 2.37 bits per heavy atom. The molecule has 1 aliphatic heterocycles. The summed E-state index contributed by atoms with van der Waals surface area (Å²) in [6.45, 7) is 4.55. The molecule has 6 heteroatoms. The van der Waals surface area contributed by atoms with E-state index in [4.69, 9.17) is 5.26 Å². The van der Waals surface area contributed by atoms with Gasteiger partial charge in [0, 0.05) is 5.56 Å². The van der Waals surface area contributed by atoms with Crippen molar-refractivity contribution >= 4 is 17.5 Å². The highest BCUT2D eigenvalue weighted by molar-refractivity contribution is 5.95. The van der Waals surface area contributed by atoms with Gasteiger partial charge in [0.15, 0.2) is 6.04 Å². The first kappa shape index (κ1) is 18.6. The summed E-state index contributed by atoms with van der Waals surface area (Å²) in [6, 6.07) is 18.1. The van der Waals surface area contributed by atoms with Crippen LogP contribution in [0.15, 0.2) is 54.6 Å². The maximum atomic E-state index is 12.6. The Bertz CT molecular complexity index is 852. The van der Waals surface area contributed by atoms with Gasteiger partial charge in [0.25, 0.3) is 11.8 Å². The van der Waals surface area contributed by atoms with Crippen molar-refractivity contribution in [1.29, 1.82) is 5.26 Å². The van der Waals surface area contributed by atoms with Gasteiger partial charge in [0.05, 0.1) is 37.4 Å². The van der Waals surface area contributed by atoms with Gasteiger partial charge >= 0.3 is 0 Å². The number of nitriles is 1. The predicted molar refractivity (Wildman–Crippen MR) is 102 cm³/mol. The topological polar surface area (TPSA) is 77.6 Å². The second-order valence-corrected chi connectivity index (χ2v) is 6.68. The molecule has 0 radical (unpaired) electrons. The average Bonchev–Trinajstić information content (AvgIpc) is 2.73. The number of rotatable bonds is 4. The normalized spacial score (nSPS) is 15.6. The number of para-hydroxylation sites is 1. The Hall–Kier alpha value is -3.17. The van der Waals surface area contributed by atoms with Gasteiger partial charge in [-0.3, -0.25) is 9.59 Å². The molecule has 1 fully saturated rings. The molecule has 0 aliphatic carbocycles. The summed E-state index contributed by atoms with van der Waals surface area (Å²) < 4.78 is 0. The van der Waals surface area contributed by atoms with Crippen molar-refractivity contribution in [3.05, 3.63) is 65.7 Å². The SMILES string of the molecule is C[C@H](C(=O)Nc1ccccc1C#N)[NH+]1CCN(C(=O)c2ccccc2)CC1. The van der Waals surface area contributed by atoms with E-state index in [0.717, 1.165) is 4.90 Å². The van der Waals surface area contributed by atoms with Crippen LogP contribution < -0.4 is 10.2 Å².